The third kappa shape index (κ3) is 3.40. The van der Waals surface area contributed by atoms with E-state index in [2.05, 4.69) is 37.2 Å². The molecule has 0 aromatic heterocycles. The van der Waals surface area contributed by atoms with Crippen LogP contribution in [0, 0.1) is 0 Å². The fourth-order valence-electron chi connectivity index (χ4n) is 3.73. The Morgan fingerprint density at radius 1 is 1.12 bits per heavy atom. The molecule has 0 saturated carbocycles. The van der Waals surface area contributed by atoms with Gasteiger partial charge in [0.2, 0.25) is 0 Å². The number of rotatable bonds is 3. The minimum absolute atomic E-state index is 0.0283. The Morgan fingerprint density at radius 2 is 1.85 bits per heavy atom. The van der Waals surface area contributed by atoms with E-state index in [9.17, 15) is 4.79 Å². The number of para-hydroxylation sites is 1. The number of benzene rings is 2. The molecular formula is C21H28N4O. The average Bonchev–Trinajstić information content (AvgIpc) is 2.80. The van der Waals surface area contributed by atoms with Crippen molar-refractivity contribution in [2.45, 2.75) is 18.9 Å². The zero-order chi connectivity index (χ0) is 18.8. The molecular weight excluding hydrogens is 324 g/mol. The molecule has 2 aromatic carbocycles. The fraction of sp³-hybridized carbons (Fsp3) is 0.381. The fourth-order valence-corrected chi connectivity index (χ4v) is 3.73. The maximum atomic E-state index is 13.5. The maximum absolute atomic E-state index is 13.5. The molecule has 5 nitrogen and oxygen atoms in total. The van der Waals surface area contributed by atoms with Crippen molar-refractivity contribution < 1.29 is 4.79 Å². The van der Waals surface area contributed by atoms with Gasteiger partial charge in [0, 0.05) is 38.1 Å². The van der Waals surface area contributed by atoms with Gasteiger partial charge in [-0.2, -0.15) is 0 Å². The molecule has 1 aliphatic rings. The summed E-state index contributed by atoms with van der Waals surface area (Å²) in [7, 11) is 8.07. The summed E-state index contributed by atoms with van der Waals surface area (Å²) in [5.41, 5.74) is 10.4. The molecule has 5 heteroatoms. The van der Waals surface area contributed by atoms with Crippen LogP contribution in [0.4, 0.5) is 17.1 Å². The lowest BCUT2D eigenvalue weighted by Crippen LogP contribution is -2.33. The number of carbonyl (C=O) groups is 1. The maximum Gasteiger partial charge on any atom is 0.260 e. The summed E-state index contributed by atoms with van der Waals surface area (Å²) in [6, 6.07) is 14.1. The van der Waals surface area contributed by atoms with Crippen LogP contribution in [0.15, 0.2) is 42.5 Å². The van der Waals surface area contributed by atoms with Gasteiger partial charge in [-0.1, -0.05) is 18.2 Å². The first-order valence-electron chi connectivity index (χ1n) is 9.04. The molecule has 138 valence electrons. The normalized spacial score (nSPS) is 17.0. The monoisotopic (exact) mass is 352 g/mol. The van der Waals surface area contributed by atoms with Crippen LogP contribution in [-0.2, 0) is 0 Å². The van der Waals surface area contributed by atoms with E-state index >= 15 is 0 Å². The van der Waals surface area contributed by atoms with Gasteiger partial charge in [-0.25, -0.2) is 0 Å². The minimum Gasteiger partial charge on any atom is -0.399 e. The van der Waals surface area contributed by atoms with Crippen LogP contribution in [-0.4, -0.2) is 45.5 Å². The van der Waals surface area contributed by atoms with Crippen molar-refractivity contribution in [3.05, 3.63) is 53.6 Å². The Hall–Kier alpha value is -2.53. The molecule has 2 N–H and O–H groups in total. The summed E-state index contributed by atoms with van der Waals surface area (Å²) in [6.07, 6.45) is 2.01. The third-order valence-electron chi connectivity index (χ3n) is 5.05. The highest BCUT2D eigenvalue weighted by Crippen LogP contribution is 2.37. The van der Waals surface area contributed by atoms with E-state index in [0.29, 0.717) is 17.3 Å². The molecule has 0 spiro atoms. The van der Waals surface area contributed by atoms with Crippen LogP contribution < -0.4 is 15.5 Å². The number of nitrogens with two attached hydrogens (primary N) is 1. The summed E-state index contributed by atoms with van der Waals surface area (Å²) in [5.74, 6) is 0.0283. The number of hydrogen-bond donors (Lipinski definition) is 1. The quantitative estimate of drug-likeness (QED) is 0.861. The molecule has 26 heavy (non-hydrogen) atoms. The number of nitrogens with zero attached hydrogens (tertiary/aromatic N) is 3. The predicted octanol–water partition coefficient (Wildman–Crippen LogP) is 3.38. The van der Waals surface area contributed by atoms with Crippen molar-refractivity contribution in [1.29, 1.82) is 0 Å². The average molecular weight is 352 g/mol. The van der Waals surface area contributed by atoms with E-state index < -0.39 is 0 Å². The van der Waals surface area contributed by atoms with Crippen molar-refractivity contribution in [1.82, 2.24) is 4.90 Å². The highest BCUT2D eigenvalue weighted by molar-refractivity contribution is 6.10. The lowest BCUT2D eigenvalue weighted by Gasteiger charge is -2.28. The summed E-state index contributed by atoms with van der Waals surface area (Å²) in [5, 5.41) is 0. The van der Waals surface area contributed by atoms with Crippen LogP contribution in [0.5, 0.6) is 0 Å². The zero-order valence-electron chi connectivity index (χ0n) is 16.1. The van der Waals surface area contributed by atoms with Gasteiger partial charge in [-0.05, 0) is 56.8 Å². The van der Waals surface area contributed by atoms with Crippen molar-refractivity contribution in [3.8, 4) is 0 Å². The highest BCUT2D eigenvalue weighted by Gasteiger charge is 2.29. The molecule has 0 radical (unpaired) electrons. The van der Waals surface area contributed by atoms with Crippen LogP contribution in [0.2, 0.25) is 0 Å². The Kier molecular flexibility index (Phi) is 5.18. The molecule has 0 bridgehead atoms. The Morgan fingerprint density at radius 3 is 2.54 bits per heavy atom. The summed E-state index contributed by atoms with van der Waals surface area (Å²) < 4.78 is 0. The molecule has 1 amide bonds. The standard InChI is InChI=1S/C21H28N4O/c1-23(2)18-10-7-13-25(19-9-6-5-8-16(18)19)21(26)17-12-11-15(22)14-20(17)24(3)4/h5-6,8-9,11-12,14,18H,7,10,13,22H2,1-4H3. The lowest BCUT2D eigenvalue weighted by molar-refractivity contribution is 0.0987. The van der Waals surface area contributed by atoms with Crippen molar-refractivity contribution in [2.75, 3.05) is 50.3 Å². The van der Waals surface area contributed by atoms with E-state index in [-0.39, 0.29) is 5.91 Å². The van der Waals surface area contributed by atoms with Crippen LogP contribution >= 0.6 is 0 Å². The Balaban J connectivity index is 2.06. The number of hydrogen-bond acceptors (Lipinski definition) is 4. The van der Waals surface area contributed by atoms with Crippen molar-refractivity contribution >= 4 is 23.0 Å². The van der Waals surface area contributed by atoms with Gasteiger partial charge >= 0.3 is 0 Å². The first-order valence-corrected chi connectivity index (χ1v) is 9.04. The van der Waals surface area contributed by atoms with Gasteiger partial charge in [0.25, 0.3) is 5.91 Å². The molecule has 0 fully saturated rings. The first kappa shape index (κ1) is 18.3. The number of nitrogen functional groups attached to an aromatic ring is 1. The molecule has 0 aliphatic carbocycles. The highest BCUT2D eigenvalue weighted by atomic mass is 16.2. The van der Waals surface area contributed by atoms with Gasteiger partial charge in [-0.15, -0.1) is 0 Å². The van der Waals surface area contributed by atoms with Crippen molar-refractivity contribution in [3.63, 3.8) is 0 Å². The van der Waals surface area contributed by atoms with Gasteiger partial charge in [0.1, 0.15) is 0 Å². The Labute approximate surface area is 156 Å². The smallest absolute Gasteiger partial charge is 0.260 e. The number of amides is 1. The van der Waals surface area contributed by atoms with Gasteiger partial charge in [0.15, 0.2) is 0 Å². The van der Waals surface area contributed by atoms with E-state index in [1.165, 1.54) is 5.56 Å². The summed E-state index contributed by atoms with van der Waals surface area (Å²) in [4.78, 5) is 19.6. The number of anilines is 3. The second kappa shape index (κ2) is 7.38. The van der Waals surface area contributed by atoms with Gasteiger partial charge < -0.3 is 20.4 Å². The van der Waals surface area contributed by atoms with Crippen molar-refractivity contribution in [2.24, 2.45) is 0 Å². The van der Waals surface area contributed by atoms with Crippen LogP contribution in [0.1, 0.15) is 34.8 Å². The van der Waals surface area contributed by atoms with E-state index in [1.807, 2.05) is 42.1 Å². The third-order valence-corrected chi connectivity index (χ3v) is 5.05. The van der Waals surface area contributed by atoms with Gasteiger partial charge in [0.05, 0.1) is 11.3 Å². The molecule has 1 heterocycles. The van der Waals surface area contributed by atoms with Crippen LogP contribution in [0.25, 0.3) is 0 Å². The summed E-state index contributed by atoms with van der Waals surface area (Å²) >= 11 is 0. The van der Waals surface area contributed by atoms with E-state index in [1.54, 1.807) is 6.07 Å². The predicted molar refractivity (Wildman–Crippen MR) is 109 cm³/mol. The topological polar surface area (TPSA) is 52.8 Å². The van der Waals surface area contributed by atoms with E-state index in [4.69, 9.17) is 5.73 Å². The second-order valence-corrected chi connectivity index (χ2v) is 7.31. The second-order valence-electron chi connectivity index (χ2n) is 7.31. The van der Waals surface area contributed by atoms with Crippen LogP contribution in [0.3, 0.4) is 0 Å². The molecule has 1 unspecified atom stereocenters. The number of carbonyl (C=O) groups excluding carboxylic acids is 1. The molecule has 1 aliphatic heterocycles. The molecule has 3 rings (SSSR count). The largest absolute Gasteiger partial charge is 0.399 e. The Bertz CT molecular complexity index is 800. The SMILES string of the molecule is CN(C)c1cc(N)ccc1C(=O)N1CCCC(N(C)C)c2ccccc21. The summed E-state index contributed by atoms with van der Waals surface area (Å²) in [6.45, 7) is 0.720. The molecule has 1 atom stereocenters. The molecule has 2 aromatic rings. The van der Waals surface area contributed by atoms with E-state index in [0.717, 1.165) is 30.8 Å². The lowest BCUT2D eigenvalue weighted by atomic mass is 10.0. The minimum atomic E-state index is 0.0283. The zero-order valence-corrected chi connectivity index (χ0v) is 16.1. The number of fused-ring (bicyclic) bond motifs is 1. The molecule has 0 saturated heterocycles. The van der Waals surface area contributed by atoms with Gasteiger partial charge in [-0.3, -0.25) is 4.79 Å². The first-order chi connectivity index (χ1) is 12.4.